The second-order valence-electron chi connectivity index (χ2n) is 6.65. The van der Waals surface area contributed by atoms with Crippen LogP contribution in [-0.2, 0) is 11.8 Å². The van der Waals surface area contributed by atoms with Crippen LogP contribution in [0.1, 0.15) is 12.2 Å². The van der Waals surface area contributed by atoms with Gasteiger partial charge in [-0.2, -0.15) is 5.10 Å². The molecule has 0 aromatic carbocycles. The van der Waals surface area contributed by atoms with Gasteiger partial charge in [0.15, 0.2) is 5.65 Å². The molecule has 2 fully saturated rings. The molecule has 0 radical (unpaired) electrons. The van der Waals surface area contributed by atoms with E-state index in [9.17, 15) is 5.11 Å². The third-order valence-corrected chi connectivity index (χ3v) is 5.00. The fraction of sp³-hybridized carbons (Fsp3) is 0.688. The highest BCUT2D eigenvalue weighted by Gasteiger charge is 2.32. The number of rotatable bonds is 2. The third-order valence-electron chi connectivity index (χ3n) is 5.00. The number of anilines is 1. The first-order valence-corrected chi connectivity index (χ1v) is 8.54. The number of aliphatic hydroxyl groups excluding tert-OH is 1. The van der Waals surface area contributed by atoms with E-state index < -0.39 is 0 Å². The van der Waals surface area contributed by atoms with Crippen LogP contribution < -0.4 is 4.90 Å². The maximum atomic E-state index is 10.1. The van der Waals surface area contributed by atoms with Crippen LogP contribution in [0.3, 0.4) is 0 Å². The van der Waals surface area contributed by atoms with Gasteiger partial charge in [0.1, 0.15) is 11.6 Å². The fourth-order valence-corrected chi connectivity index (χ4v) is 3.72. The minimum Gasteiger partial charge on any atom is -0.389 e. The predicted molar refractivity (Wildman–Crippen MR) is 90.1 cm³/mol. The zero-order valence-corrected chi connectivity index (χ0v) is 14.2. The van der Waals surface area contributed by atoms with Crippen LogP contribution >= 0.6 is 0 Å². The van der Waals surface area contributed by atoms with E-state index in [0.29, 0.717) is 13.2 Å². The van der Waals surface area contributed by atoms with Crippen LogP contribution in [0.15, 0.2) is 6.20 Å². The molecule has 0 spiro atoms. The molecular weight excluding hydrogens is 308 g/mol. The Hall–Kier alpha value is -1.77. The van der Waals surface area contributed by atoms with Crippen LogP contribution in [-0.4, -0.2) is 81.3 Å². The lowest BCUT2D eigenvalue weighted by atomic mass is 10.2. The summed E-state index contributed by atoms with van der Waals surface area (Å²) in [5.74, 6) is 1.73. The van der Waals surface area contributed by atoms with Crippen molar-refractivity contribution in [2.24, 2.45) is 7.05 Å². The quantitative estimate of drug-likeness (QED) is 0.825. The molecule has 4 heterocycles. The van der Waals surface area contributed by atoms with Gasteiger partial charge >= 0.3 is 0 Å². The largest absolute Gasteiger partial charge is 0.389 e. The van der Waals surface area contributed by atoms with Gasteiger partial charge in [0.05, 0.1) is 36.9 Å². The molecule has 0 aliphatic carbocycles. The van der Waals surface area contributed by atoms with Crippen molar-refractivity contribution in [3.8, 4) is 0 Å². The highest BCUT2D eigenvalue weighted by Crippen LogP contribution is 2.25. The Morgan fingerprint density at radius 2 is 2.04 bits per heavy atom. The zero-order valence-electron chi connectivity index (χ0n) is 14.2. The molecule has 2 aromatic rings. The summed E-state index contributed by atoms with van der Waals surface area (Å²) in [6.45, 7) is 6.70. The summed E-state index contributed by atoms with van der Waals surface area (Å²) in [5.41, 5.74) is 0.873. The number of fused-ring (bicyclic) bond motifs is 1. The third kappa shape index (κ3) is 2.74. The number of aromatic nitrogens is 4. The van der Waals surface area contributed by atoms with E-state index in [1.165, 1.54) is 0 Å². The van der Waals surface area contributed by atoms with E-state index >= 15 is 0 Å². The Bertz CT molecular complexity index is 733. The molecule has 2 aliphatic heterocycles. The average Bonchev–Trinajstić information content (AvgIpc) is 3.05. The number of aliphatic hydroxyl groups is 1. The molecule has 2 aliphatic rings. The Labute approximate surface area is 141 Å². The first-order valence-electron chi connectivity index (χ1n) is 8.54. The number of hydrogen-bond acceptors (Lipinski definition) is 7. The van der Waals surface area contributed by atoms with Crippen molar-refractivity contribution < 1.29 is 9.84 Å². The minimum atomic E-state index is -0.372. The Morgan fingerprint density at radius 1 is 1.17 bits per heavy atom. The minimum absolute atomic E-state index is 0.121. The molecule has 2 atom stereocenters. The molecule has 2 aromatic heterocycles. The van der Waals surface area contributed by atoms with Crippen molar-refractivity contribution in [3.63, 3.8) is 0 Å². The lowest BCUT2D eigenvalue weighted by Gasteiger charge is -2.28. The van der Waals surface area contributed by atoms with Crippen molar-refractivity contribution >= 4 is 16.9 Å². The molecule has 8 heteroatoms. The van der Waals surface area contributed by atoms with Crippen LogP contribution in [0.5, 0.6) is 0 Å². The van der Waals surface area contributed by atoms with Crippen molar-refractivity contribution in [1.29, 1.82) is 0 Å². The molecule has 1 N–H and O–H groups in total. The van der Waals surface area contributed by atoms with E-state index in [1.807, 2.05) is 20.2 Å². The highest BCUT2D eigenvalue weighted by molar-refractivity contribution is 5.86. The summed E-state index contributed by atoms with van der Waals surface area (Å²) in [6.07, 6.45) is 2.51. The van der Waals surface area contributed by atoms with Gasteiger partial charge in [-0.25, -0.2) is 9.97 Å². The summed E-state index contributed by atoms with van der Waals surface area (Å²) < 4.78 is 7.21. The zero-order chi connectivity index (χ0) is 16.7. The van der Waals surface area contributed by atoms with Gasteiger partial charge in [-0.05, 0) is 13.3 Å². The van der Waals surface area contributed by atoms with Gasteiger partial charge in [0.25, 0.3) is 0 Å². The second-order valence-corrected chi connectivity index (χ2v) is 6.65. The predicted octanol–water partition coefficient (Wildman–Crippen LogP) is -0.0565. The van der Waals surface area contributed by atoms with E-state index in [4.69, 9.17) is 4.74 Å². The van der Waals surface area contributed by atoms with Gasteiger partial charge in [-0.15, -0.1) is 0 Å². The standard InChI is InChI=1S/C16H24N6O2/c1-11-18-15-12(8-17-20(15)2)16(19-11)22-5-3-4-21(6-7-22)13-9-24-10-14(13)23/h8,13-14,23H,3-7,9-10H2,1-2H3/t13-,14-/m1/s1. The molecule has 2 saturated heterocycles. The van der Waals surface area contributed by atoms with E-state index in [1.54, 1.807) is 4.68 Å². The Balaban J connectivity index is 1.57. The molecule has 130 valence electrons. The number of hydrogen-bond donors (Lipinski definition) is 1. The van der Waals surface area contributed by atoms with Crippen molar-refractivity contribution in [2.45, 2.75) is 25.5 Å². The van der Waals surface area contributed by atoms with Gasteiger partial charge in [-0.1, -0.05) is 0 Å². The van der Waals surface area contributed by atoms with Crippen molar-refractivity contribution in [3.05, 3.63) is 12.0 Å². The van der Waals surface area contributed by atoms with Crippen LogP contribution in [0.2, 0.25) is 0 Å². The lowest BCUT2D eigenvalue weighted by Crippen LogP contribution is -2.44. The van der Waals surface area contributed by atoms with Gasteiger partial charge in [-0.3, -0.25) is 9.58 Å². The smallest absolute Gasteiger partial charge is 0.163 e. The molecule has 24 heavy (non-hydrogen) atoms. The maximum Gasteiger partial charge on any atom is 0.163 e. The van der Waals surface area contributed by atoms with Gasteiger partial charge in [0, 0.05) is 33.2 Å². The number of nitrogens with zero attached hydrogens (tertiary/aromatic N) is 6. The van der Waals surface area contributed by atoms with Gasteiger partial charge in [0.2, 0.25) is 0 Å². The fourth-order valence-electron chi connectivity index (χ4n) is 3.72. The lowest BCUT2D eigenvalue weighted by molar-refractivity contribution is 0.0859. The summed E-state index contributed by atoms with van der Waals surface area (Å²) in [6, 6.07) is 0.121. The topological polar surface area (TPSA) is 79.5 Å². The number of ether oxygens (including phenoxy) is 1. The monoisotopic (exact) mass is 332 g/mol. The maximum absolute atomic E-state index is 10.1. The second kappa shape index (κ2) is 6.27. The first-order chi connectivity index (χ1) is 11.6. The molecule has 0 bridgehead atoms. The molecule has 4 rings (SSSR count). The normalized spacial score (nSPS) is 26.2. The highest BCUT2D eigenvalue weighted by atomic mass is 16.5. The van der Waals surface area contributed by atoms with Crippen LogP contribution in [0.25, 0.3) is 11.0 Å². The van der Waals surface area contributed by atoms with E-state index in [0.717, 1.165) is 55.3 Å². The average molecular weight is 332 g/mol. The van der Waals surface area contributed by atoms with Crippen molar-refractivity contribution in [1.82, 2.24) is 24.6 Å². The first kappa shape index (κ1) is 15.7. The molecular formula is C16H24N6O2. The molecule has 0 amide bonds. The summed E-state index contributed by atoms with van der Waals surface area (Å²) in [4.78, 5) is 13.9. The molecule has 0 saturated carbocycles. The van der Waals surface area contributed by atoms with Crippen molar-refractivity contribution in [2.75, 3.05) is 44.3 Å². The summed E-state index contributed by atoms with van der Waals surface area (Å²) in [5, 5.41) is 15.4. The van der Waals surface area contributed by atoms with Gasteiger partial charge < -0.3 is 14.7 Å². The van der Waals surface area contributed by atoms with E-state index in [2.05, 4.69) is 24.9 Å². The van der Waals surface area contributed by atoms with Crippen LogP contribution in [0.4, 0.5) is 5.82 Å². The summed E-state index contributed by atoms with van der Waals surface area (Å²) in [7, 11) is 1.91. The van der Waals surface area contributed by atoms with Crippen LogP contribution in [0, 0.1) is 6.92 Å². The van der Waals surface area contributed by atoms with E-state index in [-0.39, 0.29) is 12.1 Å². The Morgan fingerprint density at radius 3 is 2.83 bits per heavy atom. The molecule has 8 nitrogen and oxygen atoms in total. The number of aryl methyl sites for hydroxylation is 2. The summed E-state index contributed by atoms with van der Waals surface area (Å²) >= 11 is 0. The SMILES string of the molecule is Cc1nc(N2CCCN([C@@H]3COC[C@H]3O)CC2)c2cnn(C)c2n1. The molecule has 0 unspecified atom stereocenters. The Kier molecular flexibility index (Phi) is 4.11.